The first-order valence-electron chi connectivity index (χ1n) is 5.55. The molecule has 1 heterocycles. The predicted molar refractivity (Wildman–Crippen MR) is 69.7 cm³/mol. The summed E-state index contributed by atoms with van der Waals surface area (Å²) in [6.45, 7) is 6.01. The Morgan fingerprint density at radius 1 is 1.65 bits per heavy atom. The molecule has 0 radical (unpaired) electrons. The standard InChI is InChI=1S/C12H18N2O2S/c1-8(2)11(15)6-13-12(16)5-4-10-7-17-9(3)14-10/h4-5,7-8,11,15H,6H2,1-3H3,(H,13,16)/b5-4+. The molecule has 2 N–H and O–H groups in total. The molecule has 0 aromatic carbocycles. The molecule has 4 nitrogen and oxygen atoms in total. The monoisotopic (exact) mass is 254 g/mol. The number of nitrogens with one attached hydrogen (secondary N) is 1. The number of carbonyl (C=O) groups is 1. The number of hydrogen-bond acceptors (Lipinski definition) is 4. The smallest absolute Gasteiger partial charge is 0.244 e. The number of aliphatic hydroxyl groups excluding tert-OH is 1. The maximum absolute atomic E-state index is 11.4. The van der Waals surface area contributed by atoms with Crippen LogP contribution >= 0.6 is 11.3 Å². The van der Waals surface area contributed by atoms with E-state index in [1.165, 1.54) is 6.08 Å². The van der Waals surface area contributed by atoms with Crippen LogP contribution in [0.1, 0.15) is 24.5 Å². The molecule has 0 saturated carbocycles. The molecule has 0 saturated heterocycles. The zero-order chi connectivity index (χ0) is 12.8. The van der Waals surface area contributed by atoms with Crippen LogP contribution in [-0.4, -0.2) is 28.6 Å². The third-order valence-corrected chi connectivity index (χ3v) is 3.09. The molecule has 1 amide bonds. The zero-order valence-corrected chi connectivity index (χ0v) is 11.1. The van der Waals surface area contributed by atoms with E-state index in [1.807, 2.05) is 26.2 Å². The summed E-state index contributed by atoms with van der Waals surface area (Å²) in [6.07, 6.45) is 2.59. The molecule has 94 valence electrons. The van der Waals surface area contributed by atoms with E-state index in [2.05, 4.69) is 10.3 Å². The molecule has 17 heavy (non-hydrogen) atoms. The van der Waals surface area contributed by atoms with E-state index < -0.39 is 6.10 Å². The number of aliphatic hydroxyl groups is 1. The molecule has 1 unspecified atom stereocenters. The minimum Gasteiger partial charge on any atom is -0.391 e. The van der Waals surface area contributed by atoms with Gasteiger partial charge in [0.2, 0.25) is 5.91 Å². The highest BCUT2D eigenvalue weighted by Crippen LogP contribution is 2.08. The summed E-state index contributed by atoms with van der Waals surface area (Å²) in [4.78, 5) is 15.6. The largest absolute Gasteiger partial charge is 0.391 e. The average Bonchev–Trinajstić information content (AvgIpc) is 2.69. The Labute approximate surface area is 105 Å². The van der Waals surface area contributed by atoms with E-state index in [-0.39, 0.29) is 18.4 Å². The first kappa shape index (κ1) is 13.9. The summed E-state index contributed by atoms with van der Waals surface area (Å²) in [5.74, 6) is -0.0733. The lowest BCUT2D eigenvalue weighted by atomic mass is 10.1. The third-order valence-electron chi connectivity index (χ3n) is 2.30. The Balaban J connectivity index is 2.37. The fourth-order valence-electron chi connectivity index (χ4n) is 1.12. The zero-order valence-electron chi connectivity index (χ0n) is 10.3. The van der Waals surface area contributed by atoms with Crippen molar-refractivity contribution in [1.29, 1.82) is 0 Å². The van der Waals surface area contributed by atoms with Gasteiger partial charge in [-0.2, -0.15) is 0 Å². The SMILES string of the molecule is Cc1nc(/C=C/C(=O)NCC(O)C(C)C)cs1. The first-order valence-corrected chi connectivity index (χ1v) is 6.43. The minimum absolute atomic E-state index is 0.139. The van der Waals surface area contributed by atoms with Crippen LogP contribution in [0.25, 0.3) is 6.08 Å². The van der Waals surface area contributed by atoms with Crippen LogP contribution in [0.4, 0.5) is 0 Å². The van der Waals surface area contributed by atoms with Gasteiger partial charge >= 0.3 is 0 Å². The van der Waals surface area contributed by atoms with Crippen molar-refractivity contribution in [2.24, 2.45) is 5.92 Å². The van der Waals surface area contributed by atoms with E-state index in [0.29, 0.717) is 0 Å². The van der Waals surface area contributed by atoms with Crippen LogP contribution < -0.4 is 5.32 Å². The highest BCUT2D eigenvalue weighted by atomic mass is 32.1. The lowest BCUT2D eigenvalue weighted by Crippen LogP contribution is -2.33. The van der Waals surface area contributed by atoms with E-state index in [4.69, 9.17) is 0 Å². The molecule has 0 spiro atoms. The Morgan fingerprint density at radius 2 is 2.35 bits per heavy atom. The molecule has 0 bridgehead atoms. The van der Waals surface area contributed by atoms with E-state index in [1.54, 1.807) is 17.4 Å². The van der Waals surface area contributed by atoms with Crippen molar-refractivity contribution >= 4 is 23.3 Å². The molecule has 1 aromatic rings. The van der Waals surface area contributed by atoms with Crippen molar-refractivity contribution in [3.63, 3.8) is 0 Å². The fourth-order valence-corrected chi connectivity index (χ4v) is 1.70. The van der Waals surface area contributed by atoms with Gasteiger partial charge in [-0.3, -0.25) is 4.79 Å². The lowest BCUT2D eigenvalue weighted by molar-refractivity contribution is -0.117. The molecule has 0 aliphatic carbocycles. The van der Waals surface area contributed by atoms with Crippen LogP contribution in [-0.2, 0) is 4.79 Å². The van der Waals surface area contributed by atoms with Crippen LogP contribution in [0.15, 0.2) is 11.5 Å². The summed E-state index contributed by atoms with van der Waals surface area (Å²) in [6, 6.07) is 0. The highest BCUT2D eigenvalue weighted by molar-refractivity contribution is 7.09. The predicted octanol–water partition coefficient (Wildman–Crippen LogP) is 1.60. The maximum Gasteiger partial charge on any atom is 0.244 e. The van der Waals surface area contributed by atoms with Crippen molar-refractivity contribution in [1.82, 2.24) is 10.3 Å². The number of carbonyl (C=O) groups excluding carboxylic acids is 1. The molecule has 0 aliphatic rings. The highest BCUT2D eigenvalue weighted by Gasteiger charge is 2.09. The molecule has 5 heteroatoms. The van der Waals surface area contributed by atoms with Gasteiger partial charge < -0.3 is 10.4 Å². The van der Waals surface area contributed by atoms with Gasteiger partial charge in [-0.25, -0.2) is 4.98 Å². The van der Waals surface area contributed by atoms with Crippen molar-refractivity contribution in [3.8, 4) is 0 Å². The van der Waals surface area contributed by atoms with Crippen LogP contribution in [0.5, 0.6) is 0 Å². The third kappa shape index (κ3) is 5.10. The maximum atomic E-state index is 11.4. The van der Waals surface area contributed by atoms with Crippen LogP contribution in [0, 0.1) is 12.8 Å². The number of amides is 1. The van der Waals surface area contributed by atoms with Gasteiger partial charge in [0, 0.05) is 18.0 Å². The fraction of sp³-hybridized carbons (Fsp3) is 0.500. The van der Waals surface area contributed by atoms with E-state index >= 15 is 0 Å². The number of hydrogen-bond donors (Lipinski definition) is 2. The van der Waals surface area contributed by atoms with Crippen LogP contribution in [0.2, 0.25) is 0 Å². The first-order chi connectivity index (χ1) is 7.99. The van der Waals surface area contributed by atoms with Crippen LogP contribution in [0.3, 0.4) is 0 Å². The number of rotatable bonds is 5. The molecular formula is C12H18N2O2S. The number of aryl methyl sites for hydroxylation is 1. The summed E-state index contributed by atoms with van der Waals surface area (Å²) in [5.41, 5.74) is 0.784. The molecule has 0 fully saturated rings. The second-order valence-corrected chi connectivity index (χ2v) is 5.24. The Hall–Kier alpha value is -1.20. The number of nitrogens with zero attached hydrogens (tertiary/aromatic N) is 1. The van der Waals surface area contributed by atoms with Crippen molar-refractivity contribution in [3.05, 3.63) is 22.2 Å². The minimum atomic E-state index is -0.506. The lowest BCUT2D eigenvalue weighted by Gasteiger charge is -2.13. The Bertz CT molecular complexity index is 399. The summed E-state index contributed by atoms with van der Waals surface area (Å²) < 4.78 is 0. The van der Waals surface area contributed by atoms with Gasteiger partial charge in [-0.1, -0.05) is 13.8 Å². The number of aromatic nitrogens is 1. The van der Waals surface area contributed by atoms with Crippen molar-refractivity contribution < 1.29 is 9.90 Å². The molecule has 0 aliphatic heterocycles. The average molecular weight is 254 g/mol. The number of thiazole rings is 1. The quantitative estimate of drug-likeness (QED) is 0.785. The second-order valence-electron chi connectivity index (χ2n) is 4.18. The summed E-state index contributed by atoms with van der Waals surface area (Å²) in [7, 11) is 0. The normalized spacial score (nSPS) is 13.2. The van der Waals surface area contributed by atoms with Crippen molar-refractivity contribution in [2.45, 2.75) is 26.9 Å². The van der Waals surface area contributed by atoms with Gasteiger partial charge in [0.1, 0.15) is 0 Å². The van der Waals surface area contributed by atoms with E-state index in [9.17, 15) is 9.90 Å². The molecule has 1 atom stereocenters. The Kier molecular flexibility index (Phi) is 5.31. The summed E-state index contributed by atoms with van der Waals surface area (Å²) >= 11 is 1.54. The van der Waals surface area contributed by atoms with Gasteiger partial charge in [-0.05, 0) is 18.9 Å². The molecular weight excluding hydrogens is 236 g/mol. The van der Waals surface area contributed by atoms with Gasteiger partial charge in [0.15, 0.2) is 0 Å². The topological polar surface area (TPSA) is 62.2 Å². The molecule has 1 rings (SSSR count). The Morgan fingerprint density at radius 3 is 2.88 bits per heavy atom. The van der Waals surface area contributed by atoms with Gasteiger partial charge in [0.05, 0.1) is 16.8 Å². The van der Waals surface area contributed by atoms with E-state index in [0.717, 1.165) is 10.7 Å². The van der Waals surface area contributed by atoms with Gasteiger partial charge in [0.25, 0.3) is 0 Å². The van der Waals surface area contributed by atoms with Crippen molar-refractivity contribution in [2.75, 3.05) is 6.54 Å². The summed E-state index contributed by atoms with van der Waals surface area (Å²) in [5, 5.41) is 15.0. The molecule has 1 aromatic heterocycles. The van der Waals surface area contributed by atoms with Gasteiger partial charge in [-0.15, -0.1) is 11.3 Å². The second kappa shape index (κ2) is 6.51.